The maximum absolute atomic E-state index is 3.71. The number of hydrogen-bond donors (Lipinski definition) is 1. The molecule has 1 aliphatic rings. The highest BCUT2D eigenvalue weighted by atomic mass is 15.0. The fourth-order valence-corrected chi connectivity index (χ4v) is 2.42. The molecule has 15 heavy (non-hydrogen) atoms. The van der Waals surface area contributed by atoms with E-state index in [0.29, 0.717) is 5.54 Å². The fraction of sp³-hybridized carbons (Fsp3) is 0.571. The third-order valence-corrected chi connectivity index (χ3v) is 3.52. The van der Waals surface area contributed by atoms with Crippen molar-refractivity contribution in [3.8, 4) is 0 Å². The van der Waals surface area contributed by atoms with Gasteiger partial charge in [0.1, 0.15) is 0 Å². The van der Waals surface area contributed by atoms with Crippen molar-refractivity contribution >= 4 is 0 Å². The summed E-state index contributed by atoms with van der Waals surface area (Å²) in [6, 6.07) is 10.7. The maximum Gasteiger partial charge on any atom is 0.0210 e. The third-order valence-electron chi connectivity index (χ3n) is 3.52. The summed E-state index contributed by atoms with van der Waals surface area (Å²) in [6.07, 6.45) is 6.86. The average molecular weight is 203 g/mol. The quantitative estimate of drug-likeness (QED) is 0.793. The van der Waals surface area contributed by atoms with Crippen LogP contribution in [0, 0.1) is 0 Å². The van der Waals surface area contributed by atoms with Crippen LogP contribution in [-0.4, -0.2) is 5.54 Å². The van der Waals surface area contributed by atoms with E-state index < -0.39 is 0 Å². The van der Waals surface area contributed by atoms with E-state index in [1.165, 1.54) is 37.7 Å². The molecule has 1 aliphatic carbocycles. The molecule has 2 rings (SSSR count). The largest absolute Gasteiger partial charge is 0.307 e. The van der Waals surface area contributed by atoms with Gasteiger partial charge in [0.2, 0.25) is 0 Å². The number of rotatable bonds is 3. The fourth-order valence-electron chi connectivity index (χ4n) is 2.42. The highest BCUT2D eigenvalue weighted by molar-refractivity contribution is 5.14. The molecule has 1 fully saturated rings. The molecule has 0 heterocycles. The molecule has 0 bridgehead atoms. The van der Waals surface area contributed by atoms with E-state index in [2.05, 4.69) is 42.6 Å². The zero-order chi connectivity index (χ0) is 10.6. The van der Waals surface area contributed by atoms with Crippen molar-refractivity contribution in [3.05, 3.63) is 35.9 Å². The lowest BCUT2D eigenvalue weighted by atomic mass is 9.83. The summed E-state index contributed by atoms with van der Waals surface area (Å²) >= 11 is 0. The Hall–Kier alpha value is -0.820. The minimum absolute atomic E-state index is 0.383. The Kier molecular flexibility index (Phi) is 3.42. The van der Waals surface area contributed by atoms with Crippen molar-refractivity contribution < 1.29 is 0 Å². The van der Waals surface area contributed by atoms with Gasteiger partial charge in [-0.2, -0.15) is 0 Å². The van der Waals surface area contributed by atoms with Gasteiger partial charge in [-0.15, -0.1) is 0 Å². The van der Waals surface area contributed by atoms with Crippen LogP contribution < -0.4 is 5.32 Å². The number of nitrogens with one attached hydrogen (secondary N) is 1. The van der Waals surface area contributed by atoms with Crippen LogP contribution in [0.3, 0.4) is 0 Å². The average Bonchev–Trinajstić information content (AvgIpc) is 2.29. The van der Waals surface area contributed by atoms with Crippen molar-refractivity contribution in [3.63, 3.8) is 0 Å². The predicted octanol–water partition coefficient (Wildman–Crippen LogP) is 3.50. The first-order chi connectivity index (χ1) is 7.29. The summed E-state index contributed by atoms with van der Waals surface area (Å²) in [6.45, 7) is 3.38. The van der Waals surface area contributed by atoms with Gasteiger partial charge in [0.25, 0.3) is 0 Å². The predicted molar refractivity (Wildman–Crippen MR) is 64.8 cm³/mol. The molecule has 0 unspecified atom stereocenters. The zero-order valence-corrected chi connectivity index (χ0v) is 9.63. The van der Waals surface area contributed by atoms with Gasteiger partial charge in [-0.3, -0.25) is 0 Å². The van der Waals surface area contributed by atoms with Crippen molar-refractivity contribution in [2.24, 2.45) is 0 Å². The van der Waals surface area contributed by atoms with E-state index in [9.17, 15) is 0 Å². The van der Waals surface area contributed by atoms with Gasteiger partial charge >= 0.3 is 0 Å². The van der Waals surface area contributed by atoms with Crippen LogP contribution in [0.2, 0.25) is 0 Å². The van der Waals surface area contributed by atoms with E-state index >= 15 is 0 Å². The molecule has 0 spiro atoms. The van der Waals surface area contributed by atoms with Crippen LogP contribution in [0.5, 0.6) is 0 Å². The van der Waals surface area contributed by atoms with Crippen molar-refractivity contribution in [1.82, 2.24) is 5.32 Å². The molecular formula is C14H21N. The Labute approximate surface area is 92.9 Å². The minimum atomic E-state index is 0.383. The third kappa shape index (κ3) is 3.07. The topological polar surface area (TPSA) is 12.0 Å². The lowest BCUT2D eigenvalue weighted by Gasteiger charge is -2.34. The molecule has 1 nitrogen and oxygen atoms in total. The van der Waals surface area contributed by atoms with Crippen molar-refractivity contribution in [2.45, 2.75) is 51.1 Å². The summed E-state index contributed by atoms with van der Waals surface area (Å²) in [5, 5.41) is 3.71. The lowest BCUT2D eigenvalue weighted by Crippen LogP contribution is -2.43. The Morgan fingerprint density at radius 2 is 1.73 bits per heavy atom. The summed E-state index contributed by atoms with van der Waals surface area (Å²) in [4.78, 5) is 0. The summed E-state index contributed by atoms with van der Waals surface area (Å²) < 4.78 is 0. The Bertz CT molecular complexity index is 285. The van der Waals surface area contributed by atoms with Crippen LogP contribution in [0.4, 0.5) is 0 Å². The second-order valence-corrected chi connectivity index (χ2v) is 4.96. The highest BCUT2D eigenvalue weighted by Gasteiger charge is 2.25. The van der Waals surface area contributed by atoms with E-state index in [-0.39, 0.29) is 0 Å². The molecule has 0 saturated heterocycles. The van der Waals surface area contributed by atoms with Crippen LogP contribution in [0.15, 0.2) is 30.3 Å². The molecule has 1 saturated carbocycles. The molecule has 1 heteroatoms. The first kappa shape index (κ1) is 10.7. The van der Waals surface area contributed by atoms with Gasteiger partial charge < -0.3 is 5.32 Å². The van der Waals surface area contributed by atoms with Gasteiger partial charge in [0, 0.05) is 12.1 Å². The lowest BCUT2D eigenvalue weighted by molar-refractivity contribution is 0.252. The molecule has 1 aromatic rings. The van der Waals surface area contributed by atoms with Crippen LogP contribution >= 0.6 is 0 Å². The first-order valence-corrected chi connectivity index (χ1v) is 6.07. The first-order valence-electron chi connectivity index (χ1n) is 6.07. The smallest absolute Gasteiger partial charge is 0.0210 e. The molecule has 1 N–H and O–H groups in total. The monoisotopic (exact) mass is 203 g/mol. The Morgan fingerprint density at radius 1 is 1.07 bits per heavy atom. The van der Waals surface area contributed by atoms with Gasteiger partial charge in [-0.1, -0.05) is 49.6 Å². The van der Waals surface area contributed by atoms with Crippen molar-refractivity contribution in [2.75, 3.05) is 0 Å². The minimum Gasteiger partial charge on any atom is -0.307 e. The van der Waals surface area contributed by atoms with Gasteiger partial charge in [0.15, 0.2) is 0 Å². The SMILES string of the molecule is CC1(NCc2ccccc2)CCCCC1. The molecule has 0 amide bonds. The molecule has 0 atom stereocenters. The highest BCUT2D eigenvalue weighted by Crippen LogP contribution is 2.27. The van der Waals surface area contributed by atoms with Crippen molar-refractivity contribution in [1.29, 1.82) is 0 Å². The van der Waals surface area contributed by atoms with E-state index in [0.717, 1.165) is 6.54 Å². The Morgan fingerprint density at radius 3 is 2.40 bits per heavy atom. The summed E-state index contributed by atoms with van der Waals surface area (Å²) in [5.41, 5.74) is 1.78. The van der Waals surface area contributed by atoms with Gasteiger partial charge in [-0.25, -0.2) is 0 Å². The standard InChI is InChI=1S/C14H21N/c1-14(10-6-3-7-11-14)15-12-13-8-4-2-5-9-13/h2,4-5,8-9,15H,3,6-7,10-12H2,1H3. The van der Waals surface area contributed by atoms with E-state index in [1.807, 2.05) is 0 Å². The van der Waals surface area contributed by atoms with Gasteiger partial charge in [0.05, 0.1) is 0 Å². The second kappa shape index (κ2) is 4.80. The number of hydrogen-bond acceptors (Lipinski definition) is 1. The summed E-state index contributed by atoms with van der Waals surface area (Å²) in [5.74, 6) is 0. The van der Waals surface area contributed by atoms with Crippen LogP contribution in [0.1, 0.15) is 44.6 Å². The van der Waals surface area contributed by atoms with Crippen LogP contribution in [0.25, 0.3) is 0 Å². The van der Waals surface area contributed by atoms with E-state index in [1.54, 1.807) is 0 Å². The second-order valence-electron chi connectivity index (χ2n) is 4.96. The molecular weight excluding hydrogens is 182 g/mol. The van der Waals surface area contributed by atoms with E-state index in [4.69, 9.17) is 0 Å². The molecule has 0 radical (unpaired) electrons. The molecule has 82 valence electrons. The van der Waals surface area contributed by atoms with Crippen LogP contribution in [-0.2, 0) is 6.54 Å². The molecule has 0 aliphatic heterocycles. The Balaban J connectivity index is 1.87. The van der Waals surface area contributed by atoms with Gasteiger partial charge in [-0.05, 0) is 25.3 Å². The number of benzene rings is 1. The zero-order valence-electron chi connectivity index (χ0n) is 9.63. The molecule has 1 aromatic carbocycles. The maximum atomic E-state index is 3.71. The molecule has 0 aromatic heterocycles. The summed E-state index contributed by atoms with van der Waals surface area (Å²) in [7, 11) is 0. The normalized spacial score (nSPS) is 20.1.